The highest BCUT2D eigenvalue weighted by molar-refractivity contribution is 7.89. The fourth-order valence-electron chi connectivity index (χ4n) is 3.32. The van der Waals surface area contributed by atoms with Gasteiger partial charge in [0.25, 0.3) is 0 Å². The molecule has 2 aromatic carbocycles. The van der Waals surface area contributed by atoms with Gasteiger partial charge in [0.1, 0.15) is 5.75 Å². The molecule has 1 saturated heterocycles. The van der Waals surface area contributed by atoms with Crippen LogP contribution in [0, 0.1) is 6.92 Å². The number of hydrogen-bond acceptors (Lipinski definition) is 5. The van der Waals surface area contributed by atoms with Crippen LogP contribution >= 0.6 is 0 Å². The van der Waals surface area contributed by atoms with Gasteiger partial charge in [-0.05, 0) is 50.1 Å². The Kier molecular flexibility index (Phi) is 5.26. The van der Waals surface area contributed by atoms with E-state index in [2.05, 4.69) is 0 Å². The lowest BCUT2D eigenvalue weighted by atomic mass is 9.80. The second-order valence-electron chi connectivity index (χ2n) is 6.45. The smallest absolute Gasteiger partial charge is 0.332 e. The van der Waals surface area contributed by atoms with Crippen molar-refractivity contribution in [3.63, 3.8) is 0 Å². The van der Waals surface area contributed by atoms with Crippen molar-refractivity contribution in [2.45, 2.75) is 30.7 Å². The first-order chi connectivity index (χ1) is 12.9. The van der Waals surface area contributed by atoms with Gasteiger partial charge < -0.3 is 9.47 Å². The lowest BCUT2D eigenvalue weighted by molar-refractivity contribution is -0.162. The maximum Gasteiger partial charge on any atom is 0.332 e. The van der Waals surface area contributed by atoms with E-state index in [0.29, 0.717) is 17.7 Å². The fraction of sp³-hybridized carbons (Fsp3) is 0.350. The van der Waals surface area contributed by atoms with Crippen molar-refractivity contribution >= 4 is 16.0 Å². The molecule has 0 aliphatic carbocycles. The van der Waals surface area contributed by atoms with Crippen molar-refractivity contribution in [1.29, 1.82) is 0 Å². The number of hydrogen-bond donors (Lipinski definition) is 0. The zero-order valence-electron chi connectivity index (χ0n) is 15.6. The third-order valence-electron chi connectivity index (χ3n) is 4.89. The number of benzene rings is 2. The van der Waals surface area contributed by atoms with Gasteiger partial charge in [0, 0.05) is 6.54 Å². The van der Waals surface area contributed by atoms with Gasteiger partial charge in [-0.15, -0.1) is 0 Å². The second-order valence-corrected chi connectivity index (χ2v) is 8.31. The summed E-state index contributed by atoms with van der Waals surface area (Å²) in [6.45, 7) is 4.02. The maximum absolute atomic E-state index is 13.2. The molecule has 0 radical (unpaired) electrons. The number of carbonyl (C=O) groups is 1. The van der Waals surface area contributed by atoms with Crippen LogP contribution in [0.15, 0.2) is 53.4 Å². The van der Waals surface area contributed by atoms with Gasteiger partial charge >= 0.3 is 5.97 Å². The molecule has 1 fully saturated rings. The number of esters is 1. The van der Waals surface area contributed by atoms with Crippen LogP contribution in [0.5, 0.6) is 5.75 Å². The quantitative estimate of drug-likeness (QED) is 0.711. The third kappa shape index (κ3) is 3.21. The van der Waals surface area contributed by atoms with Gasteiger partial charge in [-0.3, -0.25) is 0 Å². The Morgan fingerprint density at radius 2 is 1.74 bits per heavy atom. The highest BCUT2D eigenvalue weighted by atomic mass is 32.2. The maximum atomic E-state index is 13.2. The Labute approximate surface area is 159 Å². The summed E-state index contributed by atoms with van der Waals surface area (Å²) < 4.78 is 38.2. The van der Waals surface area contributed by atoms with Crippen LogP contribution < -0.4 is 4.74 Å². The largest absolute Gasteiger partial charge is 0.497 e. The number of ether oxygens (including phenoxy) is 2. The Hall–Kier alpha value is -2.38. The van der Waals surface area contributed by atoms with Crippen molar-refractivity contribution in [3.05, 3.63) is 59.7 Å². The third-order valence-corrected chi connectivity index (χ3v) is 6.83. The monoisotopic (exact) mass is 389 g/mol. The molecule has 1 heterocycles. The van der Waals surface area contributed by atoms with E-state index < -0.39 is 21.5 Å². The molecule has 0 saturated carbocycles. The Balaban J connectivity index is 2.08. The molecule has 6 nitrogen and oxygen atoms in total. The number of methoxy groups -OCH3 is 1. The van der Waals surface area contributed by atoms with Gasteiger partial charge in [-0.1, -0.05) is 29.8 Å². The lowest BCUT2D eigenvalue weighted by Gasteiger charge is -2.49. The number of carbonyl (C=O) groups excluding carboxylic acids is 1. The molecule has 2 aromatic rings. The molecule has 0 spiro atoms. The van der Waals surface area contributed by atoms with Crippen molar-refractivity contribution in [2.75, 3.05) is 20.3 Å². The van der Waals surface area contributed by atoms with E-state index >= 15 is 0 Å². The highest BCUT2D eigenvalue weighted by Gasteiger charge is 2.59. The van der Waals surface area contributed by atoms with E-state index in [9.17, 15) is 13.2 Å². The zero-order chi connectivity index (χ0) is 19.7. The molecule has 0 unspecified atom stereocenters. The molecule has 144 valence electrons. The Bertz CT molecular complexity index is 922. The average molecular weight is 389 g/mol. The Morgan fingerprint density at radius 1 is 1.11 bits per heavy atom. The summed E-state index contributed by atoms with van der Waals surface area (Å²) in [5, 5.41) is 0. The fourth-order valence-corrected chi connectivity index (χ4v) is 5.06. The van der Waals surface area contributed by atoms with E-state index in [4.69, 9.17) is 9.47 Å². The SMILES string of the molecule is CCOC(=O)[C@@]1(c2ccc(OC)cc2)CCN1S(=O)(=O)c1ccc(C)cc1. The summed E-state index contributed by atoms with van der Waals surface area (Å²) >= 11 is 0. The standard InChI is InChI=1S/C20H23NO5S/c1-4-26-19(22)20(16-7-9-17(25-3)10-8-16)13-14-21(20)27(23,24)18-11-5-15(2)6-12-18/h5-12H,4,13-14H2,1-3H3/t20-/m0/s1. The van der Waals surface area contributed by atoms with Crippen LogP contribution in [-0.4, -0.2) is 39.0 Å². The molecule has 1 atom stereocenters. The summed E-state index contributed by atoms with van der Waals surface area (Å²) in [5.41, 5.74) is 0.180. The van der Waals surface area contributed by atoms with Crippen LogP contribution in [0.2, 0.25) is 0 Å². The van der Waals surface area contributed by atoms with Crippen molar-refractivity contribution in [2.24, 2.45) is 0 Å². The molecule has 1 aliphatic rings. The number of nitrogens with zero attached hydrogens (tertiary/aromatic N) is 1. The molecular formula is C20H23NO5S. The van der Waals surface area contributed by atoms with E-state index in [1.807, 2.05) is 6.92 Å². The number of aryl methyl sites for hydroxylation is 1. The predicted octanol–water partition coefficient (Wildman–Crippen LogP) is 2.86. The average Bonchev–Trinajstić information content (AvgIpc) is 2.62. The van der Waals surface area contributed by atoms with E-state index in [0.717, 1.165) is 5.56 Å². The molecule has 3 rings (SSSR count). The van der Waals surface area contributed by atoms with Crippen LogP contribution in [0.3, 0.4) is 0 Å². The minimum Gasteiger partial charge on any atom is -0.497 e. The topological polar surface area (TPSA) is 72.9 Å². The second kappa shape index (κ2) is 7.32. The van der Waals surface area contributed by atoms with Gasteiger partial charge in [-0.2, -0.15) is 4.31 Å². The summed E-state index contributed by atoms with van der Waals surface area (Å²) in [6.07, 6.45) is 0.364. The molecular weight excluding hydrogens is 366 g/mol. The lowest BCUT2D eigenvalue weighted by Crippen LogP contribution is -2.64. The molecule has 0 amide bonds. The minimum absolute atomic E-state index is 0.162. The van der Waals surface area contributed by atoms with Crippen molar-refractivity contribution in [1.82, 2.24) is 4.31 Å². The van der Waals surface area contributed by atoms with E-state index in [-0.39, 0.29) is 18.0 Å². The number of sulfonamides is 1. The van der Waals surface area contributed by atoms with Crippen LogP contribution in [0.4, 0.5) is 0 Å². The van der Waals surface area contributed by atoms with Gasteiger partial charge in [0.2, 0.25) is 10.0 Å². The van der Waals surface area contributed by atoms with E-state index in [1.54, 1.807) is 62.6 Å². The van der Waals surface area contributed by atoms with Gasteiger partial charge in [-0.25, -0.2) is 13.2 Å². The first-order valence-electron chi connectivity index (χ1n) is 8.77. The molecule has 0 N–H and O–H groups in total. The summed E-state index contributed by atoms with van der Waals surface area (Å²) in [7, 11) is -2.30. The first kappa shape index (κ1) is 19.4. The highest BCUT2D eigenvalue weighted by Crippen LogP contribution is 2.45. The van der Waals surface area contributed by atoms with Crippen molar-refractivity contribution < 1.29 is 22.7 Å². The van der Waals surface area contributed by atoms with Crippen LogP contribution in [0.25, 0.3) is 0 Å². The normalized spacial score (nSPS) is 20.0. The first-order valence-corrected chi connectivity index (χ1v) is 10.2. The molecule has 7 heteroatoms. The molecule has 1 aliphatic heterocycles. The molecule has 0 bridgehead atoms. The van der Waals surface area contributed by atoms with Crippen molar-refractivity contribution in [3.8, 4) is 5.75 Å². The van der Waals surface area contributed by atoms with E-state index in [1.165, 1.54) is 4.31 Å². The summed E-state index contributed by atoms with van der Waals surface area (Å²) in [6, 6.07) is 13.5. The van der Waals surface area contributed by atoms with Crippen LogP contribution in [-0.2, 0) is 25.1 Å². The molecule has 27 heavy (non-hydrogen) atoms. The minimum atomic E-state index is -3.85. The number of rotatable bonds is 6. The Morgan fingerprint density at radius 3 is 2.22 bits per heavy atom. The van der Waals surface area contributed by atoms with Crippen LogP contribution in [0.1, 0.15) is 24.5 Å². The summed E-state index contributed by atoms with van der Waals surface area (Å²) in [4.78, 5) is 13.0. The van der Waals surface area contributed by atoms with Gasteiger partial charge in [0.05, 0.1) is 18.6 Å². The predicted molar refractivity (Wildman–Crippen MR) is 101 cm³/mol. The van der Waals surface area contributed by atoms with Gasteiger partial charge in [0.15, 0.2) is 5.54 Å². The zero-order valence-corrected chi connectivity index (χ0v) is 16.5. The molecule has 0 aromatic heterocycles. The summed E-state index contributed by atoms with van der Waals surface area (Å²) in [5.74, 6) is 0.0714.